The number of hydrogen-bond donors (Lipinski definition) is 3. The van der Waals surface area contributed by atoms with Crippen molar-refractivity contribution in [1.82, 2.24) is 0 Å². The lowest BCUT2D eigenvalue weighted by molar-refractivity contribution is -0.118. The first-order valence-electron chi connectivity index (χ1n) is 8.45. The van der Waals surface area contributed by atoms with Crippen LogP contribution in [0.2, 0.25) is 0 Å². The van der Waals surface area contributed by atoms with Crippen LogP contribution in [-0.4, -0.2) is 17.0 Å². The summed E-state index contributed by atoms with van der Waals surface area (Å²) < 4.78 is 0. The van der Waals surface area contributed by atoms with Crippen LogP contribution in [0.5, 0.6) is 0 Å². The Labute approximate surface area is 142 Å². The molecule has 1 unspecified atom stereocenters. The first-order valence-corrected chi connectivity index (χ1v) is 8.45. The summed E-state index contributed by atoms with van der Waals surface area (Å²) in [6.07, 6.45) is 4.61. The molecule has 0 aromatic heterocycles. The molecule has 24 heavy (non-hydrogen) atoms. The van der Waals surface area contributed by atoms with E-state index in [0.29, 0.717) is 18.6 Å². The fourth-order valence-corrected chi connectivity index (χ4v) is 3.39. The fraction of sp³-hybridized carbons (Fsp3) is 0.350. The molecule has 4 heteroatoms. The van der Waals surface area contributed by atoms with Crippen LogP contribution in [0.15, 0.2) is 36.4 Å². The van der Waals surface area contributed by atoms with E-state index in [2.05, 4.69) is 6.07 Å². The molecule has 4 rings (SSSR count). The van der Waals surface area contributed by atoms with Crippen LogP contribution in [-0.2, 0) is 30.5 Å². The molecule has 5 N–H and O–H groups in total. The Hall–Kier alpha value is -2.33. The van der Waals surface area contributed by atoms with Crippen LogP contribution in [0.3, 0.4) is 0 Å². The minimum Gasteiger partial charge on any atom is -0.399 e. The number of anilines is 2. The number of aryl methyl sites for hydroxylation is 2. The second-order valence-corrected chi connectivity index (χ2v) is 6.67. The third kappa shape index (κ3) is 3.95. The van der Waals surface area contributed by atoms with E-state index < -0.39 is 0 Å². The van der Waals surface area contributed by atoms with Crippen LogP contribution in [0, 0.1) is 0 Å². The highest BCUT2D eigenvalue weighted by molar-refractivity contribution is 5.83. The van der Waals surface area contributed by atoms with E-state index in [1.165, 1.54) is 16.7 Å². The Morgan fingerprint density at radius 3 is 2.17 bits per heavy atom. The summed E-state index contributed by atoms with van der Waals surface area (Å²) in [6.45, 7) is 0. The Kier molecular flexibility index (Phi) is 4.86. The van der Waals surface area contributed by atoms with Crippen LogP contribution < -0.4 is 11.5 Å². The highest BCUT2D eigenvalue weighted by Gasteiger charge is 2.16. The van der Waals surface area contributed by atoms with Crippen LogP contribution in [0.1, 0.15) is 35.1 Å². The predicted octanol–water partition coefficient (Wildman–Crippen LogP) is 2.45. The zero-order valence-electron chi connectivity index (χ0n) is 13.8. The number of aliphatic hydroxyl groups is 1. The van der Waals surface area contributed by atoms with Gasteiger partial charge in [-0.05, 0) is 72.2 Å². The first-order chi connectivity index (χ1) is 11.5. The minimum atomic E-state index is -0.167. The lowest BCUT2D eigenvalue weighted by Gasteiger charge is -2.20. The second kappa shape index (κ2) is 7.05. The van der Waals surface area contributed by atoms with Gasteiger partial charge < -0.3 is 16.6 Å². The molecule has 2 aromatic carbocycles. The fourth-order valence-electron chi connectivity index (χ4n) is 3.39. The van der Waals surface area contributed by atoms with Crippen molar-refractivity contribution in [2.24, 2.45) is 0 Å². The number of hydrogen-bond acceptors (Lipinski definition) is 4. The maximum Gasteiger partial charge on any atom is 0.137 e. The van der Waals surface area contributed by atoms with Crippen LogP contribution >= 0.6 is 0 Å². The normalized spacial score (nSPS) is 18.9. The summed E-state index contributed by atoms with van der Waals surface area (Å²) in [4.78, 5) is 11.1. The summed E-state index contributed by atoms with van der Waals surface area (Å²) in [6, 6.07) is 11.8. The summed E-state index contributed by atoms with van der Waals surface area (Å²) in [5, 5.41) is 9.41. The van der Waals surface area contributed by atoms with Gasteiger partial charge in [0.15, 0.2) is 0 Å². The van der Waals surface area contributed by atoms with Gasteiger partial charge in [0.25, 0.3) is 0 Å². The van der Waals surface area contributed by atoms with Gasteiger partial charge in [-0.3, -0.25) is 4.79 Å². The number of fused-ring (bicyclic) bond motifs is 2. The number of nitrogens with two attached hydrogens (primary N) is 2. The molecule has 0 aliphatic heterocycles. The van der Waals surface area contributed by atoms with Gasteiger partial charge in [-0.25, -0.2) is 0 Å². The number of carbonyl (C=O) groups excluding carboxylic acids is 1. The zero-order valence-corrected chi connectivity index (χ0v) is 13.8. The largest absolute Gasteiger partial charge is 0.399 e. The first kappa shape index (κ1) is 16.5. The van der Waals surface area contributed by atoms with Crippen molar-refractivity contribution in [1.29, 1.82) is 0 Å². The molecule has 126 valence electrons. The maximum atomic E-state index is 11.1. The number of ketones is 1. The van der Waals surface area contributed by atoms with E-state index in [4.69, 9.17) is 11.5 Å². The Morgan fingerprint density at radius 1 is 0.833 bits per heavy atom. The zero-order chi connectivity index (χ0) is 17.1. The van der Waals surface area contributed by atoms with Crippen molar-refractivity contribution < 1.29 is 9.90 Å². The van der Waals surface area contributed by atoms with Gasteiger partial charge in [0.1, 0.15) is 5.78 Å². The molecular weight excluding hydrogens is 300 g/mol. The quantitative estimate of drug-likeness (QED) is 0.649. The van der Waals surface area contributed by atoms with E-state index in [0.717, 1.165) is 42.6 Å². The number of carbonyl (C=O) groups is 1. The van der Waals surface area contributed by atoms with Crippen molar-refractivity contribution >= 4 is 17.2 Å². The molecule has 2 aliphatic carbocycles. The van der Waals surface area contributed by atoms with Gasteiger partial charge in [-0.2, -0.15) is 0 Å². The molecular formula is C20H24N2O2. The number of benzene rings is 2. The number of nitrogen functional groups attached to an aromatic ring is 2. The molecule has 0 saturated heterocycles. The van der Waals surface area contributed by atoms with E-state index in [1.807, 2.05) is 30.3 Å². The Balaban J connectivity index is 0.000000141. The van der Waals surface area contributed by atoms with Crippen molar-refractivity contribution in [2.45, 2.75) is 44.6 Å². The monoisotopic (exact) mass is 324 g/mol. The number of Topliss-reactive ketones (excluding diaryl/α,β-unsaturated/α-hetero) is 1. The lowest BCUT2D eigenvalue weighted by atomic mass is 9.90. The Bertz CT molecular complexity index is 755. The molecule has 0 spiro atoms. The van der Waals surface area contributed by atoms with Gasteiger partial charge in [0, 0.05) is 24.2 Å². The summed E-state index contributed by atoms with van der Waals surface area (Å²) in [7, 11) is 0. The van der Waals surface area contributed by atoms with Gasteiger partial charge in [-0.15, -0.1) is 0 Å². The topological polar surface area (TPSA) is 89.3 Å². The van der Waals surface area contributed by atoms with Crippen molar-refractivity contribution in [3.05, 3.63) is 58.7 Å². The highest BCUT2D eigenvalue weighted by Crippen LogP contribution is 2.23. The van der Waals surface area contributed by atoms with E-state index in [1.54, 1.807) is 0 Å². The van der Waals surface area contributed by atoms with Crippen LogP contribution in [0.4, 0.5) is 11.4 Å². The number of aliphatic hydroxyl groups excluding tert-OH is 1. The molecule has 0 amide bonds. The van der Waals surface area contributed by atoms with E-state index in [-0.39, 0.29) is 6.10 Å². The second-order valence-electron chi connectivity index (χ2n) is 6.67. The van der Waals surface area contributed by atoms with Gasteiger partial charge in [-0.1, -0.05) is 12.1 Å². The molecule has 0 heterocycles. The highest BCUT2D eigenvalue weighted by atomic mass is 16.3. The summed E-state index contributed by atoms with van der Waals surface area (Å²) in [5.41, 5.74) is 17.8. The molecule has 4 nitrogen and oxygen atoms in total. The van der Waals surface area contributed by atoms with Gasteiger partial charge in [0.2, 0.25) is 0 Å². The van der Waals surface area contributed by atoms with Gasteiger partial charge >= 0.3 is 0 Å². The van der Waals surface area contributed by atoms with Gasteiger partial charge in [0.05, 0.1) is 6.10 Å². The maximum absolute atomic E-state index is 11.1. The van der Waals surface area contributed by atoms with Crippen LogP contribution in [0.25, 0.3) is 0 Å². The standard InChI is InChI=1S/C10H13NO.C10H11NO/c2*11-9-3-1-7-2-4-10(12)6-8(7)5-9/h1,3,5,10,12H,2,4,6,11H2;1,3,5H,2,4,6,11H2. The van der Waals surface area contributed by atoms with Crippen molar-refractivity contribution in [3.8, 4) is 0 Å². The molecule has 0 saturated carbocycles. The SMILES string of the molecule is Nc1ccc2c(c1)CC(=O)CC2.Nc1ccc2c(c1)CC(O)CC2. The molecule has 1 atom stereocenters. The molecule has 0 fully saturated rings. The van der Waals surface area contributed by atoms with E-state index >= 15 is 0 Å². The lowest BCUT2D eigenvalue weighted by Crippen LogP contribution is -2.18. The minimum absolute atomic E-state index is 0.167. The van der Waals surface area contributed by atoms with E-state index in [9.17, 15) is 9.90 Å². The predicted molar refractivity (Wildman–Crippen MR) is 96.8 cm³/mol. The summed E-state index contributed by atoms with van der Waals surface area (Å²) in [5.74, 6) is 0.327. The average molecular weight is 324 g/mol. The summed E-state index contributed by atoms with van der Waals surface area (Å²) >= 11 is 0. The molecule has 0 radical (unpaired) electrons. The molecule has 2 aromatic rings. The average Bonchev–Trinajstić information content (AvgIpc) is 2.54. The molecule has 2 aliphatic rings. The third-order valence-electron chi connectivity index (χ3n) is 4.72. The van der Waals surface area contributed by atoms with Crippen molar-refractivity contribution in [2.75, 3.05) is 11.5 Å². The Morgan fingerprint density at radius 2 is 1.46 bits per heavy atom. The smallest absolute Gasteiger partial charge is 0.137 e. The molecule has 0 bridgehead atoms. The number of rotatable bonds is 0. The third-order valence-corrected chi connectivity index (χ3v) is 4.72. The van der Waals surface area contributed by atoms with Crippen molar-refractivity contribution in [3.63, 3.8) is 0 Å².